The molecule has 5 nitrogen and oxygen atoms in total. The van der Waals surface area contributed by atoms with Crippen molar-refractivity contribution in [2.45, 2.75) is 40.2 Å². The Morgan fingerprint density at radius 3 is 2.11 bits per heavy atom. The van der Waals surface area contributed by atoms with Gasteiger partial charge in [-0.3, -0.25) is 0 Å². The predicted octanol–water partition coefficient (Wildman–Crippen LogP) is 12.2. The Hall–Kier alpha value is -5.64. The summed E-state index contributed by atoms with van der Waals surface area (Å²) in [4.78, 5) is 12.1. The molecule has 0 N–H and O–H groups in total. The van der Waals surface area contributed by atoms with Gasteiger partial charge in [-0.15, -0.1) is 35.7 Å². The van der Waals surface area contributed by atoms with Crippen LogP contribution in [0.4, 0.5) is 34.1 Å². The summed E-state index contributed by atoms with van der Waals surface area (Å²) in [6.45, 7) is 11.9. The van der Waals surface area contributed by atoms with Gasteiger partial charge >= 0.3 is 21.1 Å². The van der Waals surface area contributed by atoms with Crippen LogP contribution in [0.5, 0.6) is 0 Å². The first-order valence-corrected chi connectivity index (χ1v) is 18.3. The van der Waals surface area contributed by atoms with E-state index in [-0.39, 0.29) is 26.6 Å². The Morgan fingerprint density at radius 2 is 1.33 bits per heavy atom. The van der Waals surface area contributed by atoms with E-state index in [0.717, 1.165) is 57.2 Å². The number of benzene rings is 6. The van der Waals surface area contributed by atoms with Crippen LogP contribution >= 0.6 is 0 Å². The Kier molecular flexibility index (Phi) is 9.16. The summed E-state index contributed by atoms with van der Waals surface area (Å²) >= 11 is 0. The Balaban J connectivity index is 0.00000413. The van der Waals surface area contributed by atoms with Crippen LogP contribution in [0.3, 0.4) is 0 Å². The van der Waals surface area contributed by atoms with E-state index in [1.165, 1.54) is 33.5 Å². The molecule has 0 saturated carbocycles. The number of nitrogens with zero attached hydrogens (tertiary/aromatic N) is 5. The summed E-state index contributed by atoms with van der Waals surface area (Å²) in [6.07, 6.45) is 1.93. The minimum Gasteiger partial charge on any atom is -0.358 e. The maximum absolute atomic E-state index is 4.97. The smallest absolute Gasteiger partial charge is 0.358 e. The molecule has 268 valence electrons. The maximum Gasteiger partial charge on any atom is 2.00 e. The van der Waals surface area contributed by atoms with Gasteiger partial charge in [0.2, 0.25) is 0 Å². The van der Waals surface area contributed by atoms with Crippen molar-refractivity contribution in [1.82, 2.24) is 9.55 Å². The molecular formula is C48H41N5Pt. The molecular weight excluding hydrogens is 842 g/mol. The standard InChI is InChI=1S/C48H41N5.Pt/c1-33-15-13-16-34(2)47(33)35-27-28-49-46(29-35)53-42-22-10-9-21-40(42)41-26-25-39(31-45(41)53)52(36-17-7-6-8-18-36)38-20-14-19-37(30-38)50-32-51(48(3,4)5)44-24-12-11-23-43(44)50;/h6-29H,32H2,1-5H3;/q-2;+2. The third-order valence-corrected chi connectivity index (χ3v) is 10.4. The van der Waals surface area contributed by atoms with Gasteiger partial charge in [0, 0.05) is 22.9 Å². The number of pyridine rings is 1. The molecule has 2 aromatic heterocycles. The minimum absolute atomic E-state index is 0. The zero-order valence-electron chi connectivity index (χ0n) is 31.1. The van der Waals surface area contributed by atoms with E-state index < -0.39 is 0 Å². The molecule has 0 aliphatic carbocycles. The van der Waals surface area contributed by atoms with Gasteiger partial charge in [0.1, 0.15) is 5.82 Å². The number of hydrogen-bond acceptors (Lipinski definition) is 4. The quantitative estimate of drug-likeness (QED) is 0.156. The first-order chi connectivity index (χ1) is 25.8. The summed E-state index contributed by atoms with van der Waals surface area (Å²) in [5, 5.41) is 2.30. The van der Waals surface area contributed by atoms with Crippen molar-refractivity contribution in [1.29, 1.82) is 0 Å². The molecule has 0 atom stereocenters. The van der Waals surface area contributed by atoms with Crippen LogP contribution in [-0.4, -0.2) is 21.8 Å². The fraction of sp³-hybridized carbons (Fsp3) is 0.146. The maximum atomic E-state index is 4.97. The Bertz CT molecular complexity index is 2620. The first-order valence-electron chi connectivity index (χ1n) is 18.3. The van der Waals surface area contributed by atoms with E-state index in [4.69, 9.17) is 4.98 Å². The molecule has 0 amide bonds. The molecule has 54 heavy (non-hydrogen) atoms. The van der Waals surface area contributed by atoms with Crippen LogP contribution in [0.15, 0.2) is 146 Å². The van der Waals surface area contributed by atoms with Crippen LogP contribution in [0.1, 0.15) is 31.9 Å². The Labute approximate surface area is 332 Å². The van der Waals surface area contributed by atoms with Crippen molar-refractivity contribution >= 4 is 55.9 Å². The summed E-state index contributed by atoms with van der Waals surface area (Å²) in [5.41, 5.74) is 13.3. The number of aromatic nitrogens is 2. The molecule has 6 heteroatoms. The molecule has 0 fully saturated rings. The van der Waals surface area contributed by atoms with E-state index in [1.54, 1.807) is 0 Å². The van der Waals surface area contributed by atoms with Crippen LogP contribution in [0.25, 0.3) is 38.8 Å². The molecule has 6 aromatic carbocycles. The normalized spacial score (nSPS) is 12.6. The van der Waals surface area contributed by atoms with E-state index in [2.05, 4.69) is 206 Å². The van der Waals surface area contributed by atoms with Crippen LogP contribution in [-0.2, 0) is 21.1 Å². The SMILES string of the molecule is Cc1cccc(C)c1-c1ccnc(-n2c3[c-]c(N(c4[c-]c(N5CN(C(C)(C)C)c6ccccc65)ccc4)c4ccccc4)ccc3c3ccccc32)c1.[Pt+2]. The number of para-hydroxylation sites is 4. The average molecular weight is 883 g/mol. The molecule has 0 spiro atoms. The van der Waals surface area contributed by atoms with E-state index in [9.17, 15) is 0 Å². The van der Waals surface area contributed by atoms with Gasteiger partial charge in [0.15, 0.2) is 0 Å². The van der Waals surface area contributed by atoms with Crippen molar-refractivity contribution < 1.29 is 21.1 Å². The molecule has 0 radical (unpaired) electrons. The summed E-state index contributed by atoms with van der Waals surface area (Å²) in [7, 11) is 0. The predicted molar refractivity (Wildman–Crippen MR) is 222 cm³/mol. The minimum atomic E-state index is -0.0332. The molecule has 1 aliphatic heterocycles. The molecule has 0 bridgehead atoms. The van der Waals surface area contributed by atoms with Crippen molar-refractivity contribution in [3.63, 3.8) is 0 Å². The Morgan fingerprint density at radius 1 is 0.648 bits per heavy atom. The largest absolute Gasteiger partial charge is 2.00 e. The van der Waals surface area contributed by atoms with Crippen molar-refractivity contribution in [2.75, 3.05) is 21.4 Å². The summed E-state index contributed by atoms with van der Waals surface area (Å²) in [5.74, 6) is 0.862. The third kappa shape index (κ3) is 6.07. The molecule has 9 rings (SSSR count). The van der Waals surface area contributed by atoms with Gasteiger partial charge in [-0.25, -0.2) is 4.98 Å². The summed E-state index contributed by atoms with van der Waals surface area (Å²) in [6, 6.07) is 57.2. The zero-order valence-corrected chi connectivity index (χ0v) is 33.4. The summed E-state index contributed by atoms with van der Waals surface area (Å²) < 4.78 is 2.26. The second-order valence-corrected chi connectivity index (χ2v) is 14.9. The van der Waals surface area contributed by atoms with E-state index in [1.807, 2.05) is 6.20 Å². The van der Waals surface area contributed by atoms with E-state index in [0.29, 0.717) is 0 Å². The molecule has 0 saturated heterocycles. The molecule has 3 heterocycles. The van der Waals surface area contributed by atoms with Gasteiger partial charge < -0.3 is 19.3 Å². The fourth-order valence-electron chi connectivity index (χ4n) is 7.93. The van der Waals surface area contributed by atoms with Crippen LogP contribution in [0.2, 0.25) is 0 Å². The molecule has 8 aromatic rings. The number of anilines is 6. The molecule has 1 aliphatic rings. The first kappa shape index (κ1) is 35.4. The van der Waals surface area contributed by atoms with Crippen LogP contribution < -0.4 is 14.7 Å². The number of aryl methyl sites for hydroxylation is 2. The van der Waals surface area contributed by atoms with Gasteiger partial charge in [-0.2, -0.15) is 12.1 Å². The van der Waals surface area contributed by atoms with E-state index >= 15 is 0 Å². The van der Waals surface area contributed by atoms with Gasteiger partial charge in [-0.05, 0) is 105 Å². The average Bonchev–Trinajstić information content (AvgIpc) is 3.72. The fourth-order valence-corrected chi connectivity index (χ4v) is 7.93. The molecule has 0 unspecified atom stereocenters. The second kappa shape index (κ2) is 14.0. The van der Waals surface area contributed by atoms with Gasteiger partial charge in [0.05, 0.1) is 18.0 Å². The number of rotatable bonds is 6. The van der Waals surface area contributed by atoms with Crippen LogP contribution in [0, 0.1) is 26.0 Å². The monoisotopic (exact) mass is 882 g/mol. The van der Waals surface area contributed by atoms with Crippen molar-refractivity contribution in [3.8, 4) is 16.9 Å². The second-order valence-electron chi connectivity index (χ2n) is 14.9. The van der Waals surface area contributed by atoms with Gasteiger partial charge in [-0.1, -0.05) is 89.3 Å². The third-order valence-electron chi connectivity index (χ3n) is 10.4. The van der Waals surface area contributed by atoms with Crippen molar-refractivity contribution in [3.05, 3.63) is 169 Å². The van der Waals surface area contributed by atoms with Crippen molar-refractivity contribution in [2.24, 2.45) is 0 Å². The number of fused-ring (bicyclic) bond motifs is 4. The number of hydrogen-bond donors (Lipinski definition) is 0. The topological polar surface area (TPSA) is 27.5 Å². The van der Waals surface area contributed by atoms with Gasteiger partial charge in [0.25, 0.3) is 0 Å². The zero-order chi connectivity index (χ0) is 36.3.